The summed E-state index contributed by atoms with van der Waals surface area (Å²) in [6.45, 7) is 3.96. The first-order valence-electron chi connectivity index (χ1n) is 9.00. The summed E-state index contributed by atoms with van der Waals surface area (Å²) < 4.78 is 0. The molecule has 4 N–H and O–H groups in total. The maximum absolute atomic E-state index is 12.6. The van der Waals surface area contributed by atoms with E-state index in [1.165, 1.54) is 43.2 Å². The maximum Gasteiger partial charge on any atom is 0.267 e. The summed E-state index contributed by atoms with van der Waals surface area (Å²) >= 11 is 0. The van der Waals surface area contributed by atoms with E-state index in [1.54, 1.807) is 0 Å². The van der Waals surface area contributed by atoms with E-state index in [4.69, 9.17) is 5.21 Å². The molecule has 1 saturated carbocycles. The third kappa shape index (κ3) is 6.11. The van der Waals surface area contributed by atoms with Crippen molar-refractivity contribution in [2.45, 2.75) is 58.0 Å². The summed E-state index contributed by atoms with van der Waals surface area (Å²) in [5.74, 6) is -0.0787. The Morgan fingerprint density at radius 1 is 1.19 bits per heavy atom. The fourth-order valence-electron chi connectivity index (χ4n) is 2.93. The predicted molar refractivity (Wildman–Crippen MR) is 98.3 cm³/mol. The first-order chi connectivity index (χ1) is 12.5. The lowest BCUT2D eigenvalue weighted by Crippen LogP contribution is -2.47. The highest BCUT2D eigenvalue weighted by Crippen LogP contribution is 2.18. The molecule has 0 spiro atoms. The largest absolute Gasteiger partial charge is 0.357 e. The van der Waals surface area contributed by atoms with E-state index in [0.717, 1.165) is 18.9 Å². The van der Waals surface area contributed by atoms with Crippen molar-refractivity contribution in [2.24, 2.45) is 5.92 Å². The second kappa shape index (κ2) is 9.86. The van der Waals surface area contributed by atoms with Gasteiger partial charge in [0, 0.05) is 12.1 Å². The van der Waals surface area contributed by atoms with Gasteiger partial charge in [-0.25, -0.2) is 10.5 Å². The molecule has 1 heterocycles. The van der Waals surface area contributed by atoms with Gasteiger partial charge in [0.2, 0.25) is 5.91 Å². The van der Waals surface area contributed by atoms with Crippen molar-refractivity contribution in [2.75, 3.05) is 5.32 Å². The number of rotatable bonds is 7. The Morgan fingerprint density at radius 2 is 1.92 bits per heavy atom. The molecule has 0 bridgehead atoms. The van der Waals surface area contributed by atoms with Crippen LogP contribution in [-0.2, 0) is 9.59 Å². The van der Waals surface area contributed by atoms with Gasteiger partial charge in [0.1, 0.15) is 11.9 Å². The Bertz CT molecular complexity index is 624. The van der Waals surface area contributed by atoms with Gasteiger partial charge in [-0.05, 0) is 24.8 Å². The zero-order valence-corrected chi connectivity index (χ0v) is 15.2. The second-order valence-corrected chi connectivity index (χ2v) is 6.85. The first kappa shape index (κ1) is 19.8. The molecule has 0 unspecified atom stereocenters. The van der Waals surface area contributed by atoms with Crippen molar-refractivity contribution in [3.05, 3.63) is 24.2 Å². The molecule has 142 valence electrons. The summed E-state index contributed by atoms with van der Waals surface area (Å²) in [7, 11) is 0. The van der Waals surface area contributed by atoms with Crippen LogP contribution in [0, 0.1) is 5.92 Å². The molecule has 1 fully saturated rings. The molecule has 0 saturated heterocycles. The minimum atomic E-state index is -0.645. The Kier molecular flexibility index (Phi) is 7.53. The summed E-state index contributed by atoms with van der Waals surface area (Å²) in [6.07, 6.45) is 11.2. The molecule has 0 aromatic carbocycles. The van der Waals surface area contributed by atoms with Crippen LogP contribution in [0.25, 0.3) is 6.08 Å². The van der Waals surface area contributed by atoms with E-state index in [-0.39, 0.29) is 17.9 Å². The summed E-state index contributed by atoms with van der Waals surface area (Å²) in [5.41, 5.74) is 1.97. The van der Waals surface area contributed by atoms with Gasteiger partial charge >= 0.3 is 0 Å². The van der Waals surface area contributed by atoms with Crippen LogP contribution in [0.5, 0.6) is 0 Å². The fourth-order valence-corrected chi connectivity index (χ4v) is 2.93. The summed E-state index contributed by atoms with van der Waals surface area (Å²) in [5, 5.41) is 14.7. The van der Waals surface area contributed by atoms with E-state index in [1.807, 2.05) is 13.8 Å². The lowest BCUT2D eigenvalue weighted by Gasteiger charge is -2.27. The van der Waals surface area contributed by atoms with E-state index >= 15 is 0 Å². The van der Waals surface area contributed by atoms with Crippen LogP contribution in [-0.4, -0.2) is 39.1 Å². The van der Waals surface area contributed by atoms with E-state index in [0.29, 0.717) is 11.5 Å². The van der Waals surface area contributed by atoms with Crippen LogP contribution in [0.2, 0.25) is 0 Å². The molecular weight excluding hydrogens is 334 g/mol. The van der Waals surface area contributed by atoms with Crippen molar-refractivity contribution < 1.29 is 14.8 Å². The number of hydrogen-bond acceptors (Lipinski definition) is 6. The third-order valence-corrected chi connectivity index (χ3v) is 4.39. The van der Waals surface area contributed by atoms with Gasteiger partial charge in [-0.15, -0.1) is 0 Å². The molecule has 2 rings (SSSR count). The van der Waals surface area contributed by atoms with Gasteiger partial charge < -0.3 is 10.6 Å². The molecule has 0 radical (unpaired) electrons. The minimum absolute atomic E-state index is 0.0164. The Labute approximate surface area is 153 Å². The number of amides is 2. The summed E-state index contributed by atoms with van der Waals surface area (Å²) in [4.78, 5) is 32.0. The molecular formula is C18H27N5O3. The molecule has 1 atom stereocenters. The molecule has 1 aromatic rings. The van der Waals surface area contributed by atoms with Crippen LogP contribution in [0.15, 0.2) is 18.5 Å². The molecule has 26 heavy (non-hydrogen) atoms. The number of anilines is 1. The summed E-state index contributed by atoms with van der Waals surface area (Å²) in [6, 6.07) is -0.136. The Balaban J connectivity index is 1.96. The quantitative estimate of drug-likeness (QED) is 0.335. The van der Waals surface area contributed by atoms with Crippen molar-refractivity contribution in [3.63, 3.8) is 0 Å². The SMILES string of the molecule is CC(C)[C@@H](Nc1cnc(C=CC(=O)NO)cn1)C(=O)NC1CCCCC1. The van der Waals surface area contributed by atoms with Crippen molar-refractivity contribution in [1.29, 1.82) is 0 Å². The monoisotopic (exact) mass is 361 g/mol. The normalized spacial score (nSPS) is 16.5. The van der Waals surface area contributed by atoms with Crippen LogP contribution in [0.1, 0.15) is 51.6 Å². The number of nitrogens with one attached hydrogen (secondary N) is 3. The number of hydrogen-bond donors (Lipinski definition) is 4. The van der Waals surface area contributed by atoms with Gasteiger partial charge in [0.15, 0.2) is 0 Å². The van der Waals surface area contributed by atoms with E-state index in [9.17, 15) is 9.59 Å². The molecule has 2 amide bonds. The smallest absolute Gasteiger partial charge is 0.267 e. The molecule has 8 heteroatoms. The fraction of sp³-hybridized carbons (Fsp3) is 0.556. The third-order valence-electron chi connectivity index (χ3n) is 4.39. The zero-order valence-electron chi connectivity index (χ0n) is 15.2. The standard InChI is InChI=1S/C18H27N5O3/c1-12(2)17(18(25)21-13-6-4-3-5-7-13)22-15-11-19-14(10-20-15)8-9-16(24)23-26/h8-13,17,26H,3-7H2,1-2H3,(H,20,22)(H,21,25)(H,23,24)/t17-/m1/s1. The molecule has 1 aromatic heterocycles. The highest BCUT2D eigenvalue weighted by molar-refractivity contribution is 5.90. The van der Waals surface area contributed by atoms with Crippen LogP contribution in [0.3, 0.4) is 0 Å². The lowest BCUT2D eigenvalue weighted by molar-refractivity contribution is -0.124. The van der Waals surface area contributed by atoms with E-state index in [2.05, 4.69) is 20.6 Å². The molecule has 1 aliphatic rings. The van der Waals surface area contributed by atoms with E-state index < -0.39 is 11.9 Å². The number of carbonyl (C=O) groups is 2. The molecule has 8 nitrogen and oxygen atoms in total. The minimum Gasteiger partial charge on any atom is -0.357 e. The highest BCUT2D eigenvalue weighted by Gasteiger charge is 2.25. The Hall–Kier alpha value is -2.48. The number of carbonyl (C=O) groups excluding carboxylic acids is 2. The van der Waals surface area contributed by atoms with Gasteiger partial charge in [-0.1, -0.05) is 33.1 Å². The van der Waals surface area contributed by atoms with Crippen LogP contribution < -0.4 is 16.1 Å². The average Bonchev–Trinajstić information content (AvgIpc) is 2.65. The van der Waals surface area contributed by atoms with Crippen LogP contribution >= 0.6 is 0 Å². The zero-order chi connectivity index (χ0) is 18.9. The highest BCUT2D eigenvalue weighted by atomic mass is 16.5. The lowest BCUT2D eigenvalue weighted by atomic mass is 9.94. The second-order valence-electron chi connectivity index (χ2n) is 6.85. The van der Waals surface area contributed by atoms with Crippen molar-refractivity contribution in [3.8, 4) is 0 Å². The van der Waals surface area contributed by atoms with Gasteiger partial charge in [0.05, 0.1) is 18.1 Å². The van der Waals surface area contributed by atoms with Crippen LogP contribution in [0.4, 0.5) is 5.82 Å². The molecule has 0 aliphatic heterocycles. The number of hydroxylamine groups is 1. The number of aromatic nitrogens is 2. The maximum atomic E-state index is 12.6. The van der Waals surface area contributed by atoms with Gasteiger partial charge in [0.25, 0.3) is 5.91 Å². The van der Waals surface area contributed by atoms with Crippen molar-refractivity contribution >= 4 is 23.7 Å². The Morgan fingerprint density at radius 3 is 2.50 bits per heavy atom. The van der Waals surface area contributed by atoms with Gasteiger partial charge in [-0.3, -0.25) is 19.8 Å². The van der Waals surface area contributed by atoms with Crippen molar-refractivity contribution in [1.82, 2.24) is 20.8 Å². The predicted octanol–water partition coefficient (Wildman–Crippen LogP) is 1.88. The number of nitrogens with zero attached hydrogens (tertiary/aromatic N) is 2. The topological polar surface area (TPSA) is 116 Å². The van der Waals surface area contributed by atoms with Gasteiger partial charge in [-0.2, -0.15) is 0 Å². The first-order valence-corrected chi connectivity index (χ1v) is 9.00. The average molecular weight is 361 g/mol. The molecule has 1 aliphatic carbocycles.